The summed E-state index contributed by atoms with van der Waals surface area (Å²) in [5.74, 6) is -0.300. The maximum absolute atomic E-state index is 12.7. The quantitative estimate of drug-likeness (QED) is 0.553. The monoisotopic (exact) mass is 407 g/mol. The number of ether oxygens (including phenoxy) is 2. The van der Waals surface area contributed by atoms with E-state index < -0.39 is 0 Å². The minimum absolute atomic E-state index is 0.0443. The number of carbonyl (C=O) groups is 3. The lowest BCUT2D eigenvalue weighted by Gasteiger charge is -2.34. The molecule has 1 aliphatic heterocycles. The van der Waals surface area contributed by atoms with E-state index >= 15 is 0 Å². The van der Waals surface area contributed by atoms with Crippen LogP contribution >= 0.6 is 0 Å². The number of hydrogen-bond donors (Lipinski definition) is 0. The first kappa shape index (κ1) is 22.5. The third-order valence-electron chi connectivity index (χ3n) is 4.60. The van der Waals surface area contributed by atoms with E-state index in [0.29, 0.717) is 52.4 Å². The molecule has 0 saturated carbocycles. The predicted molar refractivity (Wildman–Crippen MR) is 104 cm³/mol. The Labute approximate surface area is 170 Å². The van der Waals surface area contributed by atoms with Gasteiger partial charge in [0.1, 0.15) is 5.69 Å². The van der Waals surface area contributed by atoms with E-state index in [1.54, 1.807) is 28.7 Å². The van der Waals surface area contributed by atoms with E-state index in [1.807, 2.05) is 0 Å². The van der Waals surface area contributed by atoms with Crippen molar-refractivity contribution >= 4 is 17.9 Å². The van der Waals surface area contributed by atoms with Crippen molar-refractivity contribution in [1.29, 1.82) is 0 Å². The average molecular weight is 407 g/mol. The molecule has 0 radical (unpaired) electrons. The molecule has 0 aliphatic carbocycles. The Kier molecular flexibility index (Phi) is 9.29. The number of nitrogens with zero attached hydrogens (tertiary/aromatic N) is 5. The van der Waals surface area contributed by atoms with E-state index in [-0.39, 0.29) is 36.6 Å². The molecule has 3 amide bonds. The fraction of sp³-hybridized carbons (Fsp3) is 0.632. The first-order chi connectivity index (χ1) is 14.1. The van der Waals surface area contributed by atoms with Gasteiger partial charge in [-0.15, -0.1) is 0 Å². The molecule has 0 aromatic carbocycles. The van der Waals surface area contributed by atoms with Crippen molar-refractivity contribution in [2.45, 2.75) is 19.8 Å². The molecule has 0 spiro atoms. The van der Waals surface area contributed by atoms with Crippen LogP contribution in [-0.4, -0.2) is 102 Å². The van der Waals surface area contributed by atoms with E-state index in [9.17, 15) is 14.4 Å². The molecule has 0 bridgehead atoms. The summed E-state index contributed by atoms with van der Waals surface area (Å²) in [5.41, 5.74) is 0.250. The highest BCUT2D eigenvalue weighted by Gasteiger charge is 2.25. The standard InChI is InChI=1S/C19H29N5O5/c1-3-29-19(27)24-12-10-22(11-13-24)17(25)5-9-23(8-4-14-28-2)18(26)16-15-20-6-7-21-16/h6-7,15H,3-5,8-14H2,1-2H3. The van der Waals surface area contributed by atoms with Crippen LogP contribution in [0.4, 0.5) is 4.79 Å². The van der Waals surface area contributed by atoms with Crippen LogP contribution < -0.4 is 0 Å². The van der Waals surface area contributed by atoms with Crippen LogP contribution in [0.3, 0.4) is 0 Å². The molecular weight excluding hydrogens is 378 g/mol. The topological polar surface area (TPSA) is 105 Å². The lowest BCUT2D eigenvalue weighted by molar-refractivity contribution is -0.133. The normalized spacial score (nSPS) is 13.9. The SMILES string of the molecule is CCOC(=O)N1CCN(C(=O)CCN(CCCOC)C(=O)c2cnccn2)CC1. The summed E-state index contributed by atoms with van der Waals surface area (Å²) in [6.45, 7) is 5.17. The van der Waals surface area contributed by atoms with E-state index in [4.69, 9.17) is 9.47 Å². The highest BCUT2D eigenvalue weighted by atomic mass is 16.6. The second-order valence-electron chi connectivity index (χ2n) is 6.55. The van der Waals surface area contributed by atoms with Crippen LogP contribution in [0.5, 0.6) is 0 Å². The van der Waals surface area contributed by atoms with Crippen LogP contribution in [0, 0.1) is 0 Å². The van der Waals surface area contributed by atoms with E-state index in [0.717, 1.165) is 0 Å². The molecule has 160 valence electrons. The summed E-state index contributed by atoms with van der Waals surface area (Å²) in [5, 5.41) is 0. The minimum Gasteiger partial charge on any atom is -0.450 e. The maximum Gasteiger partial charge on any atom is 0.409 e. The van der Waals surface area contributed by atoms with E-state index in [1.165, 1.54) is 18.6 Å². The van der Waals surface area contributed by atoms with Gasteiger partial charge < -0.3 is 24.2 Å². The second-order valence-corrected chi connectivity index (χ2v) is 6.55. The highest BCUT2D eigenvalue weighted by molar-refractivity contribution is 5.92. The summed E-state index contributed by atoms with van der Waals surface area (Å²) in [4.78, 5) is 50.0. The summed E-state index contributed by atoms with van der Waals surface area (Å²) in [6, 6.07) is 0. The molecule has 2 rings (SSSR count). The third-order valence-corrected chi connectivity index (χ3v) is 4.60. The number of piperazine rings is 1. The Bertz CT molecular complexity index is 664. The molecule has 10 nitrogen and oxygen atoms in total. The fourth-order valence-corrected chi connectivity index (χ4v) is 3.03. The summed E-state index contributed by atoms with van der Waals surface area (Å²) < 4.78 is 10.1. The zero-order chi connectivity index (χ0) is 21.1. The van der Waals surface area contributed by atoms with Gasteiger partial charge in [0.2, 0.25) is 5.91 Å². The first-order valence-electron chi connectivity index (χ1n) is 9.80. The number of methoxy groups -OCH3 is 1. The van der Waals surface area contributed by atoms with Crippen LogP contribution in [0.2, 0.25) is 0 Å². The average Bonchev–Trinajstić information content (AvgIpc) is 2.76. The van der Waals surface area contributed by atoms with Crippen LogP contribution in [0.15, 0.2) is 18.6 Å². The molecular formula is C19H29N5O5. The van der Waals surface area contributed by atoms with Gasteiger partial charge in [-0.25, -0.2) is 9.78 Å². The smallest absolute Gasteiger partial charge is 0.409 e. The number of hydrogen-bond acceptors (Lipinski definition) is 7. The second kappa shape index (κ2) is 11.9. The van der Waals surface area contributed by atoms with Crippen LogP contribution in [0.1, 0.15) is 30.3 Å². The van der Waals surface area contributed by atoms with Crippen molar-refractivity contribution < 1.29 is 23.9 Å². The van der Waals surface area contributed by atoms with Gasteiger partial charge >= 0.3 is 6.09 Å². The van der Waals surface area contributed by atoms with Crippen molar-refractivity contribution in [2.75, 3.05) is 59.6 Å². The lowest BCUT2D eigenvalue weighted by atomic mass is 10.2. The number of carbonyl (C=O) groups excluding carboxylic acids is 3. The van der Waals surface area contributed by atoms with Crippen molar-refractivity contribution in [2.24, 2.45) is 0 Å². The van der Waals surface area contributed by atoms with Gasteiger partial charge in [-0.1, -0.05) is 0 Å². The number of amides is 3. The third kappa shape index (κ3) is 6.97. The van der Waals surface area contributed by atoms with Crippen molar-refractivity contribution in [1.82, 2.24) is 24.7 Å². The zero-order valence-corrected chi connectivity index (χ0v) is 17.1. The first-order valence-corrected chi connectivity index (χ1v) is 9.80. The van der Waals surface area contributed by atoms with Crippen molar-refractivity contribution in [3.8, 4) is 0 Å². The molecule has 10 heteroatoms. The van der Waals surface area contributed by atoms with Crippen molar-refractivity contribution in [3.63, 3.8) is 0 Å². The van der Waals surface area contributed by atoms with Gasteiger partial charge in [0, 0.05) is 71.8 Å². The van der Waals surface area contributed by atoms with E-state index in [2.05, 4.69) is 9.97 Å². The van der Waals surface area contributed by atoms with Gasteiger partial charge in [0.25, 0.3) is 5.91 Å². The Hall–Kier alpha value is -2.75. The molecule has 0 unspecified atom stereocenters. The van der Waals surface area contributed by atoms with Gasteiger partial charge in [0.05, 0.1) is 12.8 Å². The summed E-state index contributed by atoms with van der Waals surface area (Å²) in [7, 11) is 1.61. The molecule has 2 heterocycles. The summed E-state index contributed by atoms with van der Waals surface area (Å²) in [6.07, 6.45) is 4.91. The van der Waals surface area contributed by atoms with Gasteiger partial charge in [-0.05, 0) is 13.3 Å². The van der Waals surface area contributed by atoms with Crippen LogP contribution in [-0.2, 0) is 14.3 Å². The Morgan fingerprint density at radius 1 is 1.10 bits per heavy atom. The minimum atomic E-state index is -0.349. The zero-order valence-electron chi connectivity index (χ0n) is 17.1. The fourth-order valence-electron chi connectivity index (χ4n) is 3.03. The molecule has 1 fully saturated rings. The van der Waals surface area contributed by atoms with Crippen molar-refractivity contribution in [3.05, 3.63) is 24.3 Å². The van der Waals surface area contributed by atoms with Gasteiger partial charge in [0.15, 0.2) is 0 Å². The molecule has 1 aromatic heterocycles. The molecule has 1 aliphatic rings. The number of rotatable bonds is 9. The predicted octanol–water partition coefficient (Wildman–Crippen LogP) is 0.646. The molecule has 0 atom stereocenters. The Balaban J connectivity index is 1.87. The maximum atomic E-state index is 12.7. The summed E-state index contributed by atoms with van der Waals surface area (Å²) >= 11 is 0. The number of aromatic nitrogens is 2. The molecule has 29 heavy (non-hydrogen) atoms. The largest absolute Gasteiger partial charge is 0.450 e. The molecule has 1 aromatic rings. The molecule has 1 saturated heterocycles. The molecule has 0 N–H and O–H groups in total. The Morgan fingerprint density at radius 3 is 2.45 bits per heavy atom. The highest BCUT2D eigenvalue weighted by Crippen LogP contribution is 2.08. The lowest BCUT2D eigenvalue weighted by Crippen LogP contribution is -2.51. The Morgan fingerprint density at radius 2 is 1.83 bits per heavy atom. The van der Waals surface area contributed by atoms with Crippen LogP contribution in [0.25, 0.3) is 0 Å². The van der Waals surface area contributed by atoms with Gasteiger partial charge in [-0.3, -0.25) is 14.6 Å². The van der Waals surface area contributed by atoms with Gasteiger partial charge in [-0.2, -0.15) is 0 Å².